The Balaban J connectivity index is 0.893. The number of amides is 4. The molecule has 0 saturated carbocycles. The molecule has 35 N–H and O–H groups in total. The molecule has 12 saturated heterocycles. The van der Waals surface area contributed by atoms with Crippen molar-refractivity contribution < 1.29 is 286 Å². The Hall–Kier alpha value is -4.28. The number of aliphatic hydroxyl groups is 31. The Morgan fingerprint density at radius 1 is 0.197 bits per heavy atom. The molecule has 4 amide bonds. The van der Waals surface area contributed by atoms with Crippen LogP contribution < -0.4 is 21.3 Å². The van der Waals surface area contributed by atoms with E-state index >= 15 is 0 Å². The number of aliphatic hydroxyl groups excluding tert-OH is 31. The average Bonchev–Trinajstić information content (AvgIpc) is 0.762. The second-order valence-corrected chi connectivity index (χ2v) is 36.6. The van der Waals surface area contributed by atoms with Crippen LogP contribution in [0.25, 0.3) is 0 Å². The maximum atomic E-state index is 13.5. The number of hydrogen-bond donors (Lipinski definition) is 35. The molecule has 0 bridgehead atoms. The Morgan fingerprint density at radius 3 is 0.831 bits per heavy atom. The minimum absolute atomic E-state index is 0.872. The van der Waals surface area contributed by atoms with Gasteiger partial charge in [-0.2, -0.15) is 0 Å². The van der Waals surface area contributed by atoms with Crippen LogP contribution in [-0.2, 0) is 128 Å². The molecule has 0 aliphatic carbocycles. The van der Waals surface area contributed by atoms with Crippen LogP contribution in [0.3, 0.4) is 0 Å². The van der Waals surface area contributed by atoms with Gasteiger partial charge < -0.3 is 289 Å². The summed E-state index contributed by atoms with van der Waals surface area (Å²) in [6, 6.07) is -8.05. The Morgan fingerprint density at radius 2 is 0.444 bits per heavy atom. The molecule has 12 fully saturated rings. The first-order valence-corrected chi connectivity index (χ1v) is 45.7. The van der Waals surface area contributed by atoms with E-state index in [4.69, 9.17) is 109 Å². The second-order valence-electron chi connectivity index (χ2n) is 36.6. The first-order chi connectivity index (χ1) is 67.1. The van der Waals surface area contributed by atoms with Crippen molar-refractivity contribution in [2.75, 3.05) is 59.5 Å². The zero-order valence-electron chi connectivity index (χ0n) is 76.9. The summed E-state index contributed by atoms with van der Waals surface area (Å²) in [4.78, 5) is 53.0. The number of rotatable bonds is 35. The fourth-order valence-corrected chi connectivity index (χ4v) is 18.6. The first-order valence-electron chi connectivity index (χ1n) is 45.7. The normalized spacial score (nSPS) is 50.9. The summed E-state index contributed by atoms with van der Waals surface area (Å²) in [6.45, 7) is -3.24. The zero-order valence-corrected chi connectivity index (χ0v) is 76.9. The highest BCUT2D eigenvalue weighted by Crippen LogP contribution is 2.43. The van der Waals surface area contributed by atoms with Gasteiger partial charge in [0, 0.05) is 27.7 Å². The van der Waals surface area contributed by atoms with Gasteiger partial charge in [0.1, 0.15) is 274 Å². The number of carbonyl (C=O) groups excluding carboxylic acids is 4. The lowest BCUT2D eigenvalue weighted by Crippen LogP contribution is -2.71. The molecular formula is C80H134N4O58. The molecule has 0 radical (unpaired) electrons. The second kappa shape index (κ2) is 50.3. The summed E-state index contributed by atoms with van der Waals surface area (Å²) in [5.74, 6) is -3.99. The lowest BCUT2D eigenvalue weighted by molar-refractivity contribution is -0.401. The Kier molecular flexibility index (Phi) is 41.2. The third-order valence-electron chi connectivity index (χ3n) is 26.6. The average molecular weight is 2080 g/mol. The van der Waals surface area contributed by atoms with Gasteiger partial charge in [-0.1, -0.05) is 0 Å². The standard InChI is InChI=1S/C80H134N4O58/c1-17-37(96)49(108)56(115)73(122-17)120-16-32-61(47(106)33(69(119)125-32)81-20(4)92)134-70-34(82-21(5)93)48(107)60(30(14-91)132-70)135-76-59(118)64(138-80-66(53(112)41(100)27(11-88)131-80)140-72-36(84-23(7)95)63(45(104)29(13-90)127-72)137-79-68(55(114)43(102)26(10-87)130-79)142-75-58(117)51(110)39(98)19(3)124-75)46(105)31(133-76)15-121-77-65(52(111)40(99)24(8-85)128-77)139-71-35(83-22(6)94)62(44(103)28(12-89)126-71)136-78-67(54(113)42(101)25(9-86)129-78)141-74-57(116)50(109)38(97)18(2)123-74/h17-19,24-80,85-91,96-119H,8-16H2,1-7H3,(H,81,92)(H,82,93)(H,83,94)(H,84,95)/t17-,18-,19-,24+,25+,26+,27+,28+,29+,30+,31+,32+,33+,34+,35+,36+,37+,38+,39+,40+,41+,42-,43-,44+,45+,46+,47+,48+,49+,50+,51+,52-,53-,54-,55-,56-,57-,58-,59-,60+,61+,62+,63+,64-,65-,66-,67+,68+,69+,70-,71-,72-,73+,74-,75-,76-,77-,78-,79-,80+/m0/s1. The van der Waals surface area contributed by atoms with Crippen LogP contribution in [0.15, 0.2) is 0 Å². The van der Waals surface area contributed by atoms with Gasteiger partial charge in [0.15, 0.2) is 75.5 Å². The van der Waals surface area contributed by atoms with Gasteiger partial charge in [-0.3, -0.25) is 19.2 Å². The van der Waals surface area contributed by atoms with E-state index in [-0.39, 0.29) is 0 Å². The van der Waals surface area contributed by atoms with E-state index < -0.39 is 451 Å². The van der Waals surface area contributed by atoms with Crippen LogP contribution in [0.2, 0.25) is 0 Å². The molecule has 822 valence electrons. The van der Waals surface area contributed by atoms with Gasteiger partial charge >= 0.3 is 0 Å². The summed E-state index contributed by atoms with van der Waals surface area (Å²) >= 11 is 0. The minimum Gasteiger partial charge on any atom is -0.394 e. The Bertz CT molecular complexity index is 3940. The van der Waals surface area contributed by atoms with E-state index in [9.17, 15) is 177 Å². The topological polar surface area (TPSA) is 956 Å². The maximum absolute atomic E-state index is 13.5. The van der Waals surface area contributed by atoms with E-state index in [1.165, 1.54) is 20.8 Å². The van der Waals surface area contributed by atoms with E-state index in [1.54, 1.807) is 0 Å². The van der Waals surface area contributed by atoms with Crippen molar-refractivity contribution in [1.29, 1.82) is 0 Å². The highest BCUT2D eigenvalue weighted by Gasteiger charge is 2.64. The van der Waals surface area contributed by atoms with Gasteiger partial charge in [-0.05, 0) is 20.8 Å². The molecule has 0 aromatic rings. The van der Waals surface area contributed by atoms with Gasteiger partial charge in [0.25, 0.3) is 0 Å². The highest BCUT2D eigenvalue weighted by molar-refractivity contribution is 5.74. The van der Waals surface area contributed by atoms with E-state index in [0.717, 1.165) is 27.7 Å². The third kappa shape index (κ3) is 25.4. The fourth-order valence-electron chi connectivity index (χ4n) is 18.6. The largest absolute Gasteiger partial charge is 0.394 e. The molecule has 62 nitrogen and oxygen atoms in total. The van der Waals surface area contributed by atoms with E-state index in [0.29, 0.717) is 0 Å². The predicted molar refractivity (Wildman–Crippen MR) is 437 cm³/mol. The first kappa shape index (κ1) is 116. The number of hydrogen-bond acceptors (Lipinski definition) is 58. The number of nitrogens with one attached hydrogen (secondary N) is 4. The molecule has 12 rings (SSSR count). The van der Waals surface area contributed by atoms with Crippen LogP contribution in [0, 0.1) is 0 Å². The molecule has 12 heterocycles. The predicted octanol–water partition coefficient (Wildman–Crippen LogP) is -23.5. The molecule has 62 heteroatoms. The molecule has 0 unspecified atom stereocenters. The van der Waals surface area contributed by atoms with Crippen LogP contribution in [0.1, 0.15) is 48.5 Å². The molecule has 0 aromatic carbocycles. The highest BCUT2D eigenvalue weighted by atomic mass is 16.8. The minimum atomic E-state index is -2.72. The monoisotopic (exact) mass is 2080 g/mol. The van der Waals surface area contributed by atoms with Gasteiger partial charge in [-0.25, -0.2) is 0 Å². The molecule has 0 aromatic heterocycles. The summed E-state index contributed by atoms with van der Waals surface area (Å²) in [5.41, 5.74) is 0. The molecule has 0 spiro atoms. The molecule has 60 atom stereocenters. The van der Waals surface area contributed by atoms with Gasteiger partial charge in [0.05, 0.1) is 77.8 Å². The molecular weight excluding hydrogens is 1940 g/mol. The lowest BCUT2D eigenvalue weighted by Gasteiger charge is -2.51. The van der Waals surface area contributed by atoms with Crippen molar-refractivity contribution >= 4 is 23.6 Å². The van der Waals surface area contributed by atoms with Crippen molar-refractivity contribution in [3.05, 3.63) is 0 Å². The van der Waals surface area contributed by atoms with Crippen molar-refractivity contribution in [3.63, 3.8) is 0 Å². The summed E-state index contributed by atoms with van der Waals surface area (Å²) in [5, 5.41) is 361. The molecule has 12 aliphatic rings. The van der Waals surface area contributed by atoms with E-state index in [1.807, 2.05) is 0 Å². The molecule has 142 heavy (non-hydrogen) atoms. The van der Waals surface area contributed by atoms with Crippen LogP contribution >= 0.6 is 0 Å². The van der Waals surface area contributed by atoms with Crippen molar-refractivity contribution in [3.8, 4) is 0 Å². The van der Waals surface area contributed by atoms with Crippen molar-refractivity contribution in [1.82, 2.24) is 21.3 Å². The quantitative estimate of drug-likeness (QED) is 0.0280. The smallest absolute Gasteiger partial charge is 0.217 e. The zero-order chi connectivity index (χ0) is 104. The van der Waals surface area contributed by atoms with Crippen molar-refractivity contribution in [2.24, 2.45) is 0 Å². The van der Waals surface area contributed by atoms with Crippen molar-refractivity contribution in [2.45, 2.75) is 417 Å². The van der Waals surface area contributed by atoms with Gasteiger partial charge in [-0.15, -0.1) is 0 Å². The number of carbonyl (C=O) groups is 4. The Labute approximate surface area is 805 Å². The SMILES string of the molecule is CC(=O)N[C@@H]1[C@@H](O)[C@H](O[C@@H]2O[C@H](CO)[C@@H](O[C@@H]3O[C@H](CO[C@H]4O[C@H](CO)[C@@H](O)[C@H](O)[C@@H]4O[C@@H]4O[C@H](CO)[C@@H](O)[C@H](O[C@@H]5O[C@H](CO)[C@H](O)[C@H](O)[C@H]5O[C@@H]5O[C@@H](C)[C@@H](O)[C@@H](O)[C@@H]5O)[C@H]4NC(C)=O)[C@@H](O)[C@H](O[C@H]4O[C@H](CO)[C@@H](O)[C@H](O)[C@@H]4O[C@@H]4O[C@H](CO)[C@@H](O)[C@H](O[C@@H]5O[C@H](CO)[C@H](O)[C@H](O)[C@H]5O[C@@H]5O[C@@H](C)[C@@H](O)[C@@H](O)[C@@H]5O)[C@H]4NC(C)=O)[C@@H]3O)[C@H](O)[C@H]2NC(C)=O)[C@@H](CO[C@@H]2O[C@@H](C)[C@@H](O)[C@@H](O)[C@@H]2O)O[C@H]1O. The fraction of sp³-hybridized carbons (Fsp3) is 0.950. The summed E-state index contributed by atoms with van der Waals surface area (Å²) < 4.78 is 138. The summed E-state index contributed by atoms with van der Waals surface area (Å²) in [7, 11) is 0. The van der Waals surface area contributed by atoms with Crippen LogP contribution in [0.5, 0.6) is 0 Å². The van der Waals surface area contributed by atoms with Crippen LogP contribution in [0.4, 0.5) is 0 Å². The van der Waals surface area contributed by atoms with Crippen LogP contribution in [-0.4, -0.2) is 610 Å². The maximum Gasteiger partial charge on any atom is 0.217 e. The third-order valence-corrected chi connectivity index (χ3v) is 26.6. The molecule has 12 aliphatic heterocycles. The number of ether oxygens (including phenoxy) is 23. The van der Waals surface area contributed by atoms with E-state index in [2.05, 4.69) is 21.3 Å². The summed E-state index contributed by atoms with van der Waals surface area (Å²) in [6.07, 6.45) is -118. The van der Waals surface area contributed by atoms with Gasteiger partial charge in [0.2, 0.25) is 23.6 Å². The lowest BCUT2D eigenvalue weighted by atomic mass is 9.93.